The summed E-state index contributed by atoms with van der Waals surface area (Å²) in [6, 6.07) is 3.68. The molecule has 6 aliphatic carbocycles. The molecule has 2 spiro atoms. The van der Waals surface area contributed by atoms with Gasteiger partial charge in [-0.3, -0.25) is 14.6 Å². The Bertz CT molecular complexity index is 1320. The first-order valence-electron chi connectivity index (χ1n) is 16.0. The molecule has 5 nitrogen and oxygen atoms in total. The second kappa shape index (κ2) is 8.08. The number of pyridine rings is 1. The van der Waals surface area contributed by atoms with Crippen LogP contribution in [0.1, 0.15) is 106 Å². The first-order chi connectivity index (χ1) is 18.8. The number of carbonyl (C=O) groups is 2. The van der Waals surface area contributed by atoms with Crippen LogP contribution in [0.2, 0.25) is 0 Å². The second-order valence-electron chi connectivity index (χ2n) is 16.1. The molecule has 40 heavy (non-hydrogen) atoms. The third-order valence-electron chi connectivity index (χ3n) is 14.5. The number of aromatic nitrogens is 1. The van der Waals surface area contributed by atoms with Crippen LogP contribution in [0, 0.1) is 50.2 Å². The average molecular weight is 545 g/mol. The number of ketones is 1. The molecule has 5 saturated carbocycles. The zero-order chi connectivity index (χ0) is 28.5. The minimum absolute atomic E-state index is 0.0101. The molecular weight excluding hydrogens is 496 g/mol. The SMILES string of the molecule is CC(C)C1=C2C34CCC5[C@@]6(C)CC[C@H](O)C(C)(C)C6CC[C@@]5(C3)[C@]4(C)CC[C@@]2(C(=O)Nc2ccncc2)CC1=O. The third-order valence-corrected chi connectivity index (χ3v) is 14.5. The van der Waals surface area contributed by atoms with Crippen molar-refractivity contribution < 1.29 is 14.7 Å². The normalized spacial score (nSPS) is 46.6. The maximum Gasteiger partial charge on any atom is 0.235 e. The number of anilines is 1. The minimum Gasteiger partial charge on any atom is -0.393 e. The van der Waals surface area contributed by atoms with Gasteiger partial charge >= 0.3 is 0 Å². The summed E-state index contributed by atoms with van der Waals surface area (Å²) in [6.07, 6.45) is 13.1. The molecule has 2 N–H and O–H groups in total. The van der Waals surface area contributed by atoms with Crippen LogP contribution < -0.4 is 5.32 Å². The molecule has 1 heterocycles. The van der Waals surface area contributed by atoms with E-state index in [2.05, 4.69) is 51.8 Å². The van der Waals surface area contributed by atoms with Gasteiger partial charge in [-0.05, 0) is 126 Å². The van der Waals surface area contributed by atoms with Crippen LogP contribution in [0.25, 0.3) is 0 Å². The number of nitrogens with zero attached hydrogens (tertiary/aromatic N) is 1. The zero-order valence-electron chi connectivity index (χ0n) is 25.4. The van der Waals surface area contributed by atoms with E-state index in [1.165, 1.54) is 24.8 Å². The van der Waals surface area contributed by atoms with Gasteiger partial charge in [0, 0.05) is 24.5 Å². The largest absolute Gasteiger partial charge is 0.393 e. The van der Waals surface area contributed by atoms with Crippen molar-refractivity contribution in [3.63, 3.8) is 0 Å². The summed E-state index contributed by atoms with van der Waals surface area (Å²) in [5.41, 5.74) is 2.76. The van der Waals surface area contributed by atoms with Gasteiger partial charge in [-0.25, -0.2) is 0 Å². The van der Waals surface area contributed by atoms with Gasteiger partial charge in [0.2, 0.25) is 5.91 Å². The number of rotatable bonds is 3. The first-order valence-corrected chi connectivity index (χ1v) is 16.0. The molecule has 0 aromatic carbocycles. The number of Topliss-reactive ketones (excluding diaryl/α,β-unsaturated/α-hetero) is 1. The quantitative estimate of drug-likeness (QED) is 0.425. The van der Waals surface area contributed by atoms with E-state index in [1.54, 1.807) is 12.4 Å². The van der Waals surface area contributed by atoms with Gasteiger partial charge in [-0.15, -0.1) is 0 Å². The lowest BCUT2D eigenvalue weighted by atomic mass is 9.20. The molecule has 0 saturated heterocycles. The van der Waals surface area contributed by atoms with Crippen LogP contribution in [-0.2, 0) is 9.59 Å². The minimum atomic E-state index is -0.730. The standard InChI is InChI=1S/C35H48N2O3/c1-21(2)27-23(38)19-33(29(40)37-22-10-17-36-18-11-22)16-15-32(6)34-13-7-24-30(3,4)26(39)9-12-31(24,5)25(34)8-14-35(32,20-34)28(27)33/h10-11,17-18,21,24-26,39H,7-9,12-16,19-20H2,1-6H3,(H,36,37,40)/t24?,25?,26-,31-,32-,33+,34-,35?/m0/s1. The molecule has 8 atom stereocenters. The molecular formula is C35H48N2O3. The van der Waals surface area contributed by atoms with Gasteiger partial charge < -0.3 is 10.4 Å². The monoisotopic (exact) mass is 544 g/mol. The Morgan fingerprint density at radius 2 is 1.68 bits per heavy atom. The number of aliphatic hydroxyl groups is 1. The van der Waals surface area contributed by atoms with Crippen molar-refractivity contribution in [2.45, 2.75) is 112 Å². The number of nitrogens with one attached hydrogen (secondary N) is 1. The second-order valence-corrected chi connectivity index (χ2v) is 16.1. The van der Waals surface area contributed by atoms with Gasteiger partial charge in [-0.2, -0.15) is 0 Å². The molecule has 1 aromatic heterocycles. The maximum atomic E-state index is 14.3. The van der Waals surface area contributed by atoms with E-state index in [-0.39, 0.29) is 50.8 Å². The van der Waals surface area contributed by atoms with Gasteiger partial charge in [0.25, 0.3) is 0 Å². The number of amides is 1. The van der Waals surface area contributed by atoms with Gasteiger partial charge in [0.15, 0.2) is 5.78 Å². The number of hydrogen-bond acceptors (Lipinski definition) is 4. The number of carbonyl (C=O) groups excluding carboxylic acids is 2. The number of fused-ring (bicyclic) bond motifs is 3. The highest BCUT2D eigenvalue weighted by atomic mass is 16.3. The zero-order valence-corrected chi connectivity index (χ0v) is 25.4. The van der Waals surface area contributed by atoms with Gasteiger partial charge in [0.05, 0.1) is 11.5 Å². The van der Waals surface area contributed by atoms with E-state index >= 15 is 0 Å². The Morgan fingerprint density at radius 3 is 2.38 bits per heavy atom. The number of hydrogen-bond donors (Lipinski definition) is 2. The molecule has 5 fully saturated rings. The summed E-state index contributed by atoms with van der Waals surface area (Å²) < 4.78 is 0. The van der Waals surface area contributed by atoms with E-state index in [1.807, 2.05) is 12.1 Å². The summed E-state index contributed by atoms with van der Waals surface area (Å²) in [4.78, 5) is 32.3. The predicted octanol–water partition coefficient (Wildman–Crippen LogP) is 7.12. The Morgan fingerprint density at radius 1 is 0.975 bits per heavy atom. The molecule has 2 bridgehead atoms. The smallest absolute Gasteiger partial charge is 0.235 e. The Labute approximate surface area is 240 Å². The van der Waals surface area contributed by atoms with Crippen LogP contribution in [0.4, 0.5) is 5.69 Å². The molecule has 7 rings (SSSR count). The summed E-state index contributed by atoms with van der Waals surface area (Å²) in [5, 5.41) is 14.2. The van der Waals surface area contributed by atoms with Crippen LogP contribution in [0.5, 0.6) is 0 Å². The van der Waals surface area contributed by atoms with Crippen LogP contribution in [0.15, 0.2) is 35.7 Å². The van der Waals surface area contributed by atoms with Crippen molar-refractivity contribution in [3.8, 4) is 0 Å². The summed E-state index contributed by atoms with van der Waals surface area (Å²) in [6.45, 7) is 14.1. The van der Waals surface area contributed by atoms with Crippen LogP contribution in [-0.4, -0.2) is 27.9 Å². The van der Waals surface area contributed by atoms with Crippen LogP contribution in [0.3, 0.4) is 0 Å². The van der Waals surface area contributed by atoms with Crippen molar-refractivity contribution in [3.05, 3.63) is 35.7 Å². The lowest BCUT2D eigenvalue weighted by Gasteiger charge is -2.84. The molecule has 5 heteroatoms. The fourth-order valence-electron chi connectivity index (χ4n) is 12.8. The maximum absolute atomic E-state index is 14.3. The molecule has 0 aliphatic heterocycles. The molecule has 216 valence electrons. The summed E-state index contributed by atoms with van der Waals surface area (Å²) >= 11 is 0. The average Bonchev–Trinajstić information content (AvgIpc) is 3.23. The Kier molecular flexibility index (Phi) is 5.43. The predicted molar refractivity (Wildman–Crippen MR) is 156 cm³/mol. The topological polar surface area (TPSA) is 79.3 Å². The van der Waals surface area contributed by atoms with E-state index in [4.69, 9.17) is 0 Å². The highest BCUT2D eigenvalue weighted by molar-refractivity contribution is 6.10. The van der Waals surface area contributed by atoms with Crippen molar-refractivity contribution >= 4 is 17.4 Å². The lowest BCUT2D eigenvalue weighted by Crippen LogP contribution is -2.77. The molecule has 3 unspecified atom stereocenters. The molecule has 1 amide bonds. The fourth-order valence-corrected chi connectivity index (χ4v) is 12.8. The van der Waals surface area contributed by atoms with Crippen molar-refractivity contribution in [2.75, 3.05) is 5.32 Å². The lowest BCUT2D eigenvalue weighted by molar-refractivity contribution is -0.333. The summed E-state index contributed by atoms with van der Waals surface area (Å²) in [7, 11) is 0. The van der Waals surface area contributed by atoms with Gasteiger partial charge in [-0.1, -0.05) is 41.5 Å². The molecule has 6 aliphatic rings. The third kappa shape index (κ3) is 2.87. The number of aliphatic hydroxyl groups excluding tert-OH is 1. The van der Waals surface area contributed by atoms with E-state index in [0.717, 1.165) is 49.8 Å². The number of allylic oxidation sites excluding steroid dienone is 1. The van der Waals surface area contributed by atoms with E-state index in [0.29, 0.717) is 18.3 Å². The van der Waals surface area contributed by atoms with Crippen molar-refractivity contribution in [1.29, 1.82) is 0 Å². The highest BCUT2D eigenvalue weighted by Crippen LogP contribution is 2.89. The van der Waals surface area contributed by atoms with Crippen molar-refractivity contribution in [2.24, 2.45) is 50.2 Å². The van der Waals surface area contributed by atoms with Crippen LogP contribution >= 0.6 is 0 Å². The Hall–Kier alpha value is -2.01. The first kappa shape index (κ1) is 26.9. The Balaban J connectivity index is 1.32. The van der Waals surface area contributed by atoms with E-state index < -0.39 is 5.41 Å². The van der Waals surface area contributed by atoms with Gasteiger partial charge in [0.1, 0.15) is 0 Å². The van der Waals surface area contributed by atoms with E-state index in [9.17, 15) is 14.7 Å². The fraction of sp³-hybridized carbons (Fsp3) is 0.743. The highest BCUT2D eigenvalue weighted by Gasteiger charge is 2.83. The molecule has 0 radical (unpaired) electrons. The molecule has 1 aromatic rings. The summed E-state index contributed by atoms with van der Waals surface area (Å²) in [5.74, 6) is 1.53. The van der Waals surface area contributed by atoms with Crippen molar-refractivity contribution in [1.82, 2.24) is 4.98 Å².